The van der Waals surface area contributed by atoms with Crippen LogP contribution in [-0.2, 0) is 11.4 Å². The zero-order valence-corrected chi connectivity index (χ0v) is 16.7. The number of rotatable bonds is 7. The van der Waals surface area contributed by atoms with Crippen molar-refractivity contribution in [1.82, 2.24) is 4.98 Å². The molecule has 0 radical (unpaired) electrons. The number of ether oxygens (including phenoxy) is 1. The third-order valence-electron chi connectivity index (χ3n) is 4.83. The first-order valence-electron chi connectivity index (χ1n) is 9.41. The molecular weight excluding hydrogens is 386 g/mol. The molecule has 2 aromatic carbocycles. The molecule has 1 aliphatic carbocycles. The molecule has 2 unspecified atom stereocenters. The van der Waals surface area contributed by atoms with Gasteiger partial charge in [-0.2, -0.15) is 0 Å². The lowest BCUT2D eigenvalue weighted by atomic mass is 10.1. The van der Waals surface area contributed by atoms with Gasteiger partial charge in [0.2, 0.25) is 5.91 Å². The normalized spacial score (nSPS) is 17.4. The Hall–Kier alpha value is -3.19. The van der Waals surface area contributed by atoms with Crippen LogP contribution in [0.15, 0.2) is 59.4 Å². The summed E-state index contributed by atoms with van der Waals surface area (Å²) in [5, 5.41) is 7.70. The van der Waals surface area contributed by atoms with Crippen molar-refractivity contribution in [1.29, 1.82) is 0 Å². The molecule has 1 saturated carbocycles. The Kier molecular flexibility index (Phi) is 5.57. The van der Waals surface area contributed by atoms with Gasteiger partial charge in [-0.25, -0.2) is 4.98 Å². The lowest BCUT2D eigenvalue weighted by molar-refractivity contribution is -0.117. The first-order valence-corrected chi connectivity index (χ1v) is 10.4. The predicted molar refractivity (Wildman–Crippen MR) is 113 cm³/mol. The van der Waals surface area contributed by atoms with E-state index in [0.717, 1.165) is 12.1 Å². The summed E-state index contributed by atoms with van der Waals surface area (Å²) in [6.07, 6.45) is 0.920. The summed E-state index contributed by atoms with van der Waals surface area (Å²) in [5.74, 6) is 0.818. The van der Waals surface area contributed by atoms with Crippen LogP contribution >= 0.6 is 11.3 Å². The van der Waals surface area contributed by atoms with Gasteiger partial charge in [0.1, 0.15) is 12.4 Å². The molecule has 29 heavy (non-hydrogen) atoms. The first-order chi connectivity index (χ1) is 14.1. The van der Waals surface area contributed by atoms with Gasteiger partial charge >= 0.3 is 0 Å². The molecule has 3 aromatic rings. The molecule has 1 fully saturated rings. The second-order valence-corrected chi connectivity index (χ2v) is 7.83. The number of nitrogens with zero attached hydrogens (tertiary/aromatic N) is 1. The van der Waals surface area contributed by atoms with Gasteiger partial charge in [0, 0.05) is 22.5 Å². The Balaban J connectivity index is 1.43. The standard InChI is InChI=1S/C22H21N3O3S/c1-14-9-18(14)22(27)24-16-6-4-5-15(10-16)21(26)25-19-7-2-3-8-20(19)28-11-17-12-29-13-23-17/h2-8,10,12-14,18H,9,11H2,1H3,(H,24,27)(H,25,26). The molecule has 148 valence electrons. The van der Waals surface area contributed by atoms with Crippen LogP contribution in [0.1, 0.15) is 29.4 Å². The molecule has 1 heterocycles. The Morgan fingerprint density at radius 3 is 2.76 bits per heavy atom. The minimum atomic E-state index is -0.273. The highest BCUT2D eigenvalue weighted by Crippen LogP contribution is 2.38. The summed E-state index contributed by atoms with van der Waals surface area (Å²) in [6, 6.07) is 14.2. The highest BCUT2D eigenvalue weighted by atomic mass is 32.1. The number of benzene rings is 2. The Morgan fingerprint density at radius 1 is 1.17 bits per heavy atom. The number of hydrogen-bond acceptors (Lipinski definition) is 5. The van der Waals surface area contributed by atoms with Crippen molar-refractivity contribution in [3.63, 3.8) is 0 Å². The number of thiazole rings is 1. The SMILES string of the molecule is CC1CC1C(=O)Nc1cccc(C(=O)Nc2ccccc2OCc2cscn2)c1. The van der Waals surface area contributed by atoms with E-state index >= 15 is 0 Å². The van der Waals surface area contributed by atoms with Gasteiger partial charge in [-0.05, 0) is 42.7 Å². The van der Waals surface area contributed by atoms with Crippen LogP contribution in [0.2, 0.25) is 0 Å². The molecule has 6 nitrogen and oxygen atoms in total. The fraction of sp³-hybridized carbons (Fsp3) is 0.227. The summed E-state index contributed by atoms with van der Waals surface area (Å²) in [5.41, 5.74) is 4.25. The molecule has 0 spiro atoms. The molecule has 1 aromatic heterocycles. The summed E-state index contributed by atoms with van der Waals surface area (Å²) < 4.78 is 5.81. The molecule has 2 amide bonds. The molecule has 0 bridgehead atoms. The number of para-hydroxylation sites is 2. The van der Waals surface area contributed by atoms with Crippen molar-refractivity contribution in [2.45, 2.75) is 20.0 Å². The van der Waals surface area contributed by atoms with Crippen molar-refractivity contribution in [2.24, 2.45) is 11.8 Å². The lowest BCUT2D eigenvalue weighted by Gasteiger charge is -2.12. The zero-order chi connectivity index (χ0) is 20.2. The highest BCUT2D eigenvalue weighted by molar-refractivity contribution is 7.07. The van der Waals surface area contributed by atoms with Crippen LogP contribution in [0.25, 0.3) is 0 Å². The Morgan fingerprint density at radius 2 is 2.00 bits per heavy atom. The van der Waals surface area contributed by atoms with E-state index in [1.54, 1.807) is 41.9 Å². The number of nitrogens with one attached hydrogen (secondary N) is 2. The summed E-state index contributed by atoms with van der Waals surface area (Å²) in [7, 11) is 0. The molecule has 0 aliphatic heterocycles. The third-order valence-corrected chi connectivity index (χ3v) is 5.47. The van der Waals surface area contributed by atoms with Crippen LogP contribution in [-0.4, -0.2) is 16.8 Å². The minimum absolute atomic E-state index is 0.0100. The lowest BCUT2D eigenvalue weighted by Crippen LogP contribution is -2.16. The largest absolute Gasteiger partial charge is 0.485 e. The number of hydrogen-bond donors (Lipinski definition) is 2. The molecule has 1 aliphatic rings. The number of carbonyl (C=O) groups is 2. The topological polar surface area (TPSA) is 80.3 Å². The predicted octanol–water partition coefficient (Wildman–Crippen LogP) is 4.57. The summed E-state index contributed by atoms with van der Waals surface area (Å²) >= 11 is 1.51. The number of amides is 2. The fourth-order valence-electron chi connectivity index (χ4n) is 3.01. The summed E-state index contributed by atoms with van der Waals surface area (Å²) in [6.45, 7) is 2.39. The van der Waals surface area contributed by atoms with Crippen molar-refractivity contribution in [3.05, 3.63) is 70.7 Å². The number of aromatic nitrogens is 1. The highest BCUT2D eigenvalue weighted by Gasteiger charge is 2.39. The van der Waals surface area contributed by atoms with Crippen molar-refractivity contribution in [2.75, 3.05) is 10.6 Å². The Labute approximate surface area is 172 Å². The van der Waals surface area contributed by atoms with E-state index in [4.69, 9.17) is 4.74 Å². The molecule has 2 atom stereocenters. The van der Waals surface area contributed by atoms with Crippen LogP contribution in [0.4, 0.5) is 11.4 Å². The van der Waals surface area contributed by atoms with Gasteiger partial charge in [0.05, 0.1) is 16.9 Å². The minimum Gasteiger partial charge on any atom is -0.485 e. The van der Waals surface area contributed by atoms with E-state index in [2.05, 4.69) is 22.5 Å². The van der Waals surface area contributed by atoms with Crippen molar-refractivity contribution >= 4 is 34.5 Å². The van der Waals surface area contributed by atoms with Crippen LogP contribution in [0, 0.1) is 11.8 Å². The maximum atomic E-state index is 12.7. The van der Waals surface area contributed by atoms with Crippen LogP contribution in [0.3, 0.4) is 0 Å². The van der Waals surface area contributed by atoms with E-state index in [1.165, 1.54) is 11.3 Å². The molecule has 7 heteroatoms. The molecule has 0 saturated heterocycles. The molecular formula is C22H21N3O3S. The molecule has 4 rings (SSSR count). The van der Waals surface area contributed by atoms with E-state index in [9.17, 15) is 9.59 Å². The zero-order valence-electron chi connectivity index (χ0n) is 15.9. The van der Waals surface area contributed by atoms with E-state index in [0.29, 0.717) is 35.2 Å². The van der Waals surface area contributed by atoms with Gasteiger partial charge in [-0.3, -0.25) is 9.59 Å². The van der Waals surface area contributed by atoms with E-state index < -0.39 is 0 Å². The average molecular weight is 407 g/mol. The summed E-state index contributed by atoms with van der Waals surface area (Å²) in [4.78, 5) is 29.1. The first kappa shape index (κ1) is 19.1. The second kappa shape index (κ2) is 8.45. The number of carbonyl (C=O) groups excluding carboxylic acids is 2. The monoisotopic (exact) mass is 407 g/mol. The van der Waals surface area contributed by atoms with Gasteiger partial charge in [-0.15, -0.1) is 11.3 Å². The smallest absolute Gasteiger partial charge is 0.255 e. The van der Waals surface area contributed by atoms with Gasteiger partial charge < -0.3 is 15.4 Å². The van der Waals surface area contributed by atoms with Crippen molar-refractivity contribution in [3.8, 4) is 5.75 Å². The fourth-order valence-corrected chi connectivity index (χ4v) is 3.55. The van der Waals surface area contributed by atoms with E-state index in [-0.39, 0.29) is 17.7 Å². The van der Waals surface area contributed by atoms with Gasteiger partial charge in [-0.1, -0.05) is 25.1 Å². The Bertz CT molecular complexity index is 1020. The quantitative estimate of drug-likeness (QED) is 0.601. The number of anilines is 2. The second-order valence-electron chi connectivity index (χ2n) is 7.11. The third kappa shape index (κ3) is 4.81. The maximum Gasteiger partial charge on any atom is 0.255 e. The average Bonchev–Trinajstić information content (AvgIpc) is 3.23. The maximum absolute atomic E-state index is 12.7. The van der Waals surface area contributed by atoms with Crippen LogP contribution in [0.5, 0.6) is 5.75 Å². The van der Waals surface area contributed by atoms with Gasteiger partial charge in [0.15, 0.2) is 0 Å². The van der Waals surface area contributed by atoms with Crippen molar-refractivity contribution < 1.29 is 14.3 Å². The van der Waals surface area contributed by atoms with Crippen LogP contribution < -0.4 is 15.4 Å². The van der Waals surface area contributed by atoms with E-state index in [1.807, 2.05) is 17.5 Å². The molecule has 2 N–H and O–H groups in total. The van der Waals surface area contributed by atoms with Gasteiger partial charge in [0.25, 0.3) is 5.91 Å².